The Morgan fingerprint density at radius 1 is 1.22 bits per heavy atom. The van der Waals surface area contributed by atoms with Crippen molar-refractivity contribution < 1.29 is 18.8 Å². The molecule has 2 aromatic carbocycles. The third-order valence-corrected chi connectivity index (χ3v) is 4.15. The average Bonchev–Trinajstić information content (AvgIpc) is 3.35. The van der Waals surface area contributed by atoms with E-state index in [0.29, 0.717) is 5.82 Å². The van der Waals surface area contributed by atoms with Crippen molar-refractivity contribution in [3.05, 3.63) is 72.0 Å². The van der Waals surface area contributed by atoms with E-state index in [2.05, 4.69) is 20.4 Å². The van der Waals surface area contributed by atoms with Crippen LogP contribution in [0.3, 0.4) is 0 Å². The molecule has 8 heteroatoms. The Morgan fingerprint density at radius 3 is 2.81 bits per heavy atom. The van der Waals surface area contributed by atoms with Gasteiger partial charge in [0.1, 0.15) is 11.9 Å². The van der Waals surface area contributed by atoms with Crippen molar-refractivity contribution in [2.24, 2.45) is 0 Å². The van der Waals surface area contributed by atoms with Crippen molar-refractivity contribution in [2.75, 3.05) is 6.61 Å². The quantitative estimate of drug-likeness (QED) is 0.504. The van der Waals surface area contributed by atoms with Crippen LogP contribution in [0, 0.1) is 5.82 Å². The molecule has 0 radical (unpaired) electrons. The average molecular weight is 366 g/mol. The summed E-state index contributed by atoms with van der Waals surface area (Å²) in [6.45, 7) is -0.425. The lowest BCUT2D eigenvalue weighted by molar-refractivity contribution is 0.0901. The Hall–Kier alpha value is -3.52. The van der Waals surface area contributed by atoms with Gasteiger partial charge in [-0.25, -0.2) is 4.39 Å². The van der Waals surface area contributed by atoms with Crippen LogP contribution in [-0.4, -0.2) is 32.7 Å². The number of aromatic nitrogens is 3. The summed E-state index contributed by atoms with van der Waals surface area (Å²) in [6, 6.07) is 11.8. The summed E-state index contributed by atoms with van der Waals surface area (Å²) in [6.07, 6.45) is 1.84. The molecule has 0 saturated carbocycles. The number of rotatable bonds is 5. The van der Waals surface area contributed by atoms with Crippen molar-refractivity contribution in [3.63, 3.8) is 0 Å². The molecule has 4 rings (SSSR count). The molecule has 1 amide bonds. The van der Waals surface area contributed by atoms with E-state index in [1.807, 2.05) is 30.5 Å². The van der Waals surface area contributed by atoms with Crippen LogP contribution in [0.15, 0.2) is 59.3 Å². The molecule has 1 atom stereocenters. The number of H-pyrrole nitrogens is 1. The summed E-state index contributed by atoms with van der Waals surface area (Å²) in [5, 5.41) is 17.1. The summed E-state index contributed by atoms with van der Waals surface area (Å²) in [5.74, 6) is -0.492. The Bertz CT molecular complexity index is 1090. The molecule has 0 aliphatic rings. The first-order chi connectivity index (χ1) is 13.1. The van der Waals surface area contributed by atoms with Gasteiger partial charge in [-0.2, -0.15) is 4.98 Å². The van der Waals surface area contributed by atoms with Crippen molar-refractivity contribution in [2.45, 2.75) is 6.04 Å². The SMILES string of the molecule is O=C(NC(CO)c1nc(-c2ccc3[nH]ccc3c2)no1)c1ccc(F)cc1. The van der Waals surface area contributed by atoms with Crippen molar-refractivity contribution in [3.8, 4) is 11.4 Å². The number of hydrogen-bond acceptors (Lipinski definition) is 5. The normalized spacial score (nSPS) is 12.2. The molecule has 4 aromatic rings. The van der Waals surface area contributed by atoms with Crippen molar-refractivity contribution >= 4 is 16.8 Å². The van der Waals surface area contributed by atoms with Crippen LogP contribution < -0.4 is 5.32 Å². The second-order valence-electron chi connectivity index (χ2n) is 5.95. The van der Waals surface area contributed by atoms with E-state index >= 15 is 0 Å². The predicted octanol–water partition coefficient (Wildman–Crippen LogP) is 2.82. The number of carbonyl (C=O) groups excluding carboxylic acids is 1. The van der Waals surface area contributed by atoms with Gasteiger partial charge in [0.15, 0.2) is 0 Å². The second-order valence-corrected chi connectivity index (χ2v) is 5.95. The van der Waals surface area contributed by atoms with Gasteiger partial charge >= 0.3 is 0 Å². The third kappa shape index (κ3) is 3.42. The molecule has 0 bridgehead atoms. The van der Waals surface area contributed by atoms with Crippen LogP contribution in [0.5, 0.6) is 0 Å². The largest absolute Gasteiger partial charge is 0.394 e. The Morgan fingerprint density at radius 2 is 2.04 bits per heavy atom. The Labute approximate surface area is 152 Å². The first kappa shape index (κ1) is 16.9. The summed E-state index contributed by atoms with van der Waals surface area (Å²) in [7, 11) is 0. The summed E-state index contributed by atoms with van der Waals surface area (Å²) < 4.78 is 18.2. The summed E-state index contributed by atoms with van der Waals surface area (Å²) in [4.78, 5) is 19.6. The number of hydrogen-bond donors (Lipinski definition) is 3. The number of aromatic amines is 1. The fourth-order valence-corrected chi connectivity index (χ4v) is 2.71. The maximum absolute atomic E-state index is 13.0. The summed E-state index contributed by atoms with van der Waals surface area (Å²) >= 11 is 0. The molecule has 0 spiro atoms. The molecule has 7 nitrogen and oxygen atoms in total. The number of nitrogens with zero attached hydrogens (tertiary/aromatic N) is 2. The number of aliphatic hydroxyl groups excluding tert-OH is 1. The number of carbonyl (C=O) groups is 1. The zero-order valence-corrected chi connectivity index (χ0v) is 14.0. The number of benzene rings is 2. The molecular formula is C19H15FN4O3. The smallest absolute Gasteiger partial charge is 0.251 e. The van der Waals surface area contributed by atoms with E-state index in [0.717, 1.165) is 16.5 Å². The van der Waals surface area contributed by atoms with Crippen LogP contribution in [0.1, 0.15) is 22.3 Å². The number of fused-ring (bicyclic) bond motifs is 1. The summed E-state index contributed by atoms with van der Waals surface area (Å²) in [5.41, 5.74) is 1.99. The maximum Gasteiger partial charge on any atom is 0.251 e. The van der Waals surface area contributed by atoms with Gasteiger partial charge in [-0.1, -0.05) is 5.16 Å². The molecule has 0 fully saturated rings. The van der Waals surface area contributed by atoms with E-state index in [1.165, 1.54) is 24.3 Å². The van der Waals surface area contributed by atoms with Crippen LogP contribution in [0.4, 0.5) is 4.39 Å². The molecule has 0 aliphatic heterocycles. The zero-order chi connectivity index (χ0) is 18.8. The van der Waals surface area contributed by atoms with Gasteiger partial charge in [-0.15, -0.1) is 0 Å². The molecule has 3 N–H and O–H groups in total. The molecule has 0 saturated heterocycles. The monoisotopic (exact) mass is 366 g/mol. The lowest BCUT2D eigenvalue weighted by atomic mass is 10.1. The minimum atomic E-state index is -0.875. The first-order valence-corrected chi connectivity index (χ1v) is 8.22. The van der Waals surface area contributed by atoms with Crippen molar-refractivity contribution in [1.82, 2.24) is 20.4 Å². The van der Waals surface area contributed by atoms with E-state index in [-0.39, 0.29) is 11.5 Å². The van der Waals surface area contributed by atoms with E-state index < -0.39 is 24.4 Å². The maximum atomic E-state index is 13.0. The van der Waals surface area contributed by atoms with Gasteiger partial charge in [0.05, 0.1) is 6.61 Å². The first-order valence-electron chi connectivity index (χ1n) is 8.22. The molecule has 2 aromatic heterocycles. The molecular weight excluding hydrogens is 351 g/mol. The Balaban J connectivity index is 1.54. The minimum Gasteiger partial charge on any atom is -0.394 e. The fourth-order valence-electron chi connectivity index (χ4n) is 2.71. The highest BCUT2D eigenvalue weighted by atomic mass is 19.1. The highest BCUT2D eigenvalue weighted by molar-refractivity contribution is 5.94. The zero-order valence-electron chi connectivity index (χ0n) is 14.0. The van der Waals surface area contributed by atoms with Gasteiger partial charge in [0, 0.05) is 28.2 Å². The van der Waals surface area contributed by atoms with E-state index in [9.17, 15) is 14.3 Å². The van der Waals surface area contributed by atoms with E-state index in [1.54, 1.807) is 0 Å². The Kier molecular flexibility index (Phi) is 4.39. The van der Waals surface area contributed by atoms with Crippen molar-refractivity contribution in [1.29, 1.82) is 0 Å². The highest BCUT2D eigenvalue weighted by Crippen LogP contribution is 2.23. The van der Waals surface area contributed by atoms with Crippen LogP contribution in [0.2, 0.25) is 0 Å². The topological polar surface area (TPSA) is 104 Å². The minimum absolute atomic E-state index is 0.0807. The van der Waals surface area contributed by atoms with Crippen LogP contribution in [0.25, 0.3) is 22.3 Å². The third-order valence-electron chi connectivity index (χ3n) is 4.15. The van der Waals surface area contributed by atoms with Crippen LogP contribution in [-0.2, 0) is 0 Å². The predicted molar refractivity (Wildman–Crippen MR) is 95.3 cm³/mol. The fraction of sp³-hybridized carbons (Fsp3) is 0.105. The van der Waals surface area contributed by atoms with Gasteiger partial charge in [-0.3, -0.25) is 4.79 Å². The van der Waals surface area contributed by atoms with Gasteiger partial charge in [0.25, 0.3) is 11.8 Å². The molecule has 27 heavy (non-hydrogen) atoms. The van der Waals surface area contributed by atoms with Gasteiger partial charge < -0.3 is 19.9 Å². The highest BCUT2D eigenvalue weighted by Gasteiger charge is 2.22. The molecule has 136 valence electrons. The molecule has 0 aliphatic carbocycles. The number of amides is 1. The lowest BCUT2D eigenvalue weighted by Gasteiger charge is -2.12. The van der Waals surface area contributed by atoms with Gasteiger partial charge in [-0.05, 0) is 48.5 Å². The number of aliphatic hydroxyl groups is 1. The number of halogens is 1. The van der Waals surface area contributed by atoms with Crippen LogP contribution >= 0.6 is 0 Å². The lowest BCUT2D eigenvalue weighted by Crippen LogP contribution is -2.31. The molecule has 1 unspecified atom stereocenters. The molecule has 2 heterocycles. The standard InChI is InChI=1S/C19H15FN4O3/c20-14-4-1-11(2-5-14)18(26)22-16(10-25)19-23-17(24-27-19)13-3-6-15-12(9-13)7-8-21-15/h1-9,16,21,25H,10H2,(H,22,26). The van der Waals surface area contributed by atoms with Gasteiger partial charge in [0.2, 0.25) is 5.82 Å². The van der Waals surface area contributed by atoms with E-state index in [4.69, 9.17) is 4.52 Å². The second kappa shape index (κ2) is 7.00. The number of nitrogens with one attached hydrogen (secondary N) is 2.